The lowest BCUT2D eigenvalue weighted by atomic mass is 10.00. The second-order valence-electron chi connectivity index (χ2n) is 10.4. The fourth-order valence-corrected chi connectivity index (χ4v) is 7.58. The van der Waals surface area contributed by atoms with Crippen molar-refractivity contribution >= 4 is 45.3 Å². The zero-order valence-electron chi connectivity index (χ0n) is 24.5. The first-order valence-corrected chi connectivity index (χ1v) is 15.9. The van der Waals surface area contributed by atoms with Crippen molar-refractivity contribution in [2.45, 2.75) is 44.9 Å². The van der Waals surface area contributed by atoms with Crippen LogP contribution in [0.5, 0.6) is 17.2 Å². The van der Waals surface area contributed by atoms with E-state index in [1.165, 1.54) is 25.8 Å². The molecule has 6 rings (SSSR count). The number of aryl methyl sites for hydroxylation is 1. The molecule has 4 aromatic carbocycles. The minimum Gasteiger partial charge on any atom is -0.497 e. The Hall–Kier alpha value is -3.98. The Kier molecular flexibility index (Phi) is 8.88. The van der Waals surface area contributed by atoms with Crippen LogP contribution in [0.25, 0.3) is 21.8 Å². The molecule has 0 spiro atoms. The molecular weight excluding hydrogens is 575 g/mol. The third-order valence-electron chi connectivity index (χ3n) is 7.67. The molecule has 2 aromatic heterocycles. The standard InChI is InChI=1S/C35H35N3O3S2/c1-39-25-14-15-27-26(19-25)32(20-37-27)42-31-11-7-5-9-23(31)18-24(36)13-12-22-8-4-6-10-30(22)43-33-21-38-35-29(41-3)17-16-28(40-2)34(33)35/h4-11,14-17,19-21,24,37-38H,12-13,18,36H2,1-3H3. The topological polar surface area (TPSA) is 85.3 Å². The Morgan fingerprint density at radius 2 is 1.37 bits per heavy atom. The van der Waals surface area contributed by atoms with Crippen molar-refractivity contribution < 1.29 is 14.2 Å². The molecule has 0 saturated heterocycles. The molecule has 1 unspecified atom stereocenters. The number of nitrogens with two attached hydrogens (primary N) is 1. The summed E-state index contributed by atoms with van der Waals surface area (Å²) in [6, 6.07) is 27.2. The third-order valence-corrected chi connectivity index (χ3v) is 10.0. The Morgan fingerprint density at radius 1 is 0.698 bits per heavy atom. The number of rotatable bonds is 12. The van der Waals surface area contributed by atoms with E-state index in [1.54, 1.807) is 44.9 Å². The van der Waals surface area contributed by atoms with Crippen LogP contribution in [-0.4, -0.2) is 37.3 Å². The van der Waals surface area contributed by atoms with Gasteiger partial charge in [0.15, 0.2) is 0 Å². The third kappa shape index (κ3) is 6.22. The summed E-state index contributed by atoms with van der Waals surface area (Å²) in [7, 11) is 5.09. The molecule has 0 bridgehead atoms. The lowest BCUT2D eigenvalue weighted by molar-refractivity contribution is 0.410. The van der Waals surface area contributed by atoms with E-state index in [2.05, 4.69) is 76.8 Å². The number of methoxy groups -OCH3 is 3. The minimum absolute atomic E-state index is 0.0281. The molecule has 6 aromatic rings. The highest BCUT2D eigenvalue weighted by molar-refractivity contribution is 8.00. The summed E-state index contributed by atoms with van der Waals surface area (Å²) in [5.74, 6) is 2.47. The number of hydrogen-bond acceptors (Lipinski definition) is 6. The van der Waals surface area contributed by atoms with Crippen LogP contribution in [0, 0.1) is 0 Å². The molecule has 0 amide bonds. The molecule has 43 heavy (non-hydrogen) atoms. The average Bonchev–Trinajstić information content (AvgIpc) is 3.65. The summed E-state index contributed by atoms with van der Waals surface area (Å²) in [4.78, 5) is 11.5. The van der Waals surface area contributed by atoms with E-state index < -0.39 is 0 Å². The van der Waals surface area contributed by atoms with E-state index in [0.29, 0.717) is 0 Å². The molecule has 0 saturated carbocycles. The van der Waals surface area contributed by atoms with Crippen LogP contribution < -0.4 is 19.9 Å². The zero-order valence-corrected chi connectivity index (χ0v) is 26.1. The van der Waals surface area contributed by atoms with Crippen molar-refractivity contribution in [1.82, 2.24) is 9.97 Å². The number of nitrogens with one attached hydrogen (secondary N) is 2. The summed E-state index contributed by atoms with van der Waals surface area (Å²) in [6.45, 7) is 0. The number of aromatic amines is 2. The first-order valence-electron chi connectivity index (χ1n) is 14.2. The maximum atomic E-state index is 6.78. The van der Waals surface area contributed by atoms with Gasteiger partial charge in [0, 0.05) is 48.9 Å². The summed E-state index contributed by atoms with van der Waals surface area (Å²) in [6.07, 6.45) is 6.68. The van der Waals surface area contributed by atoms with Gasteiger partial charge in [0.1, 0.15) is 17.2 Å². The predicted octanol–water partition coefficient (Wildman–Crippen LogP) is 8.48. The molecular formula is C35H35N3O3S2. The van der Waals surface area contributed by atoms with Gasteiger partial charge in [-0.1, -0.05) is 59.9 Å². The summed E-state index contributed by atoms with van der Waals surface area (Å²) < 4.78 is 16.7. The fourth-order valence-electron chi connectivity index (χ4n) is 5.41. The smallest absolute Gasteiger partial charge is 0.143 e. The number of aromatic nitrogens is 2. The number of H-pyrrole nitrogens is 2. The van der Waals surface area contributed by atoms with E-state index in [4.69, 9.17) is 19.9 Å². The van der Waals surface area contributed by atoms with Crippen molar-refractivity contribution in [2.75, 3.05) is 21.3 Å². The van der Waals surface area contributed by atoms with Gasteiger partial charge in [0.25, 0.3) is 0 Å². The van der Waals surface area contributed by atoms with Crippen molar-refractivity contribution in [3.63, 3.8) is 0 Å². The molecule has 8 heteroatoms. The molecule has 0 aliphatic rings. The van der Waals surface area contributed by atoms with E-state index in [9.17, 15) is 0 Å². The van der Waals surface area contributed by atoms with Crippen LogP contribution in [0.2, 0.25) is 0 Å². The average molecular weight is 610 g/mol. The number of hydrogen-bond donors (Lipinski definition) is 3. The maximum absolute atomic E-state index is 6.78. The Morgan fingerprint density at radius 3 is 2.14 bits per heavy atom. The van der Waals surface area contributed by atoms with E-state index in [-0.39, 0.29) is 6.04 Å². The number of benzene rings is 4. The molecule has 1 atom stereocenters. The van der Waals surface area contributed by atoms with Crippen LogP contribution >= 0.6 is 23.5 Å². The van der Waals surface area contributed by atoms with Crippen LogP contribution in [0.4, 0.5) is 0 Å². The Bertz CT molecular complexity index is 1860. The normalized spacial score (nSPS) is 12.1. The molecule has 0 fully saturated rings. The highest BCUT2D eigenvalue weighted by Gasteiger charge is 2.17. The lowest BCUT2D eigenvalue weighted by Crippen LogP contribution is -2.23. The first-order chi connectivity index (χ1) is 21.1. The predicted molar refractivity (Wildman–Crippen MR) is 177 cm³/mol. The van der Waals surface area contributed by atoms with Crippen LogP contribution in [0.1, 0.15) is 17.5 Å². The minimum atomic E-state index is 0.0281. The zero-order chi connectivity index (χ0) is 29.8. The molecule has 0 radical (unpaired) electrons. The second-order valence-corrected chi connectivity index (χ2v) is 12.5. The van der Waals surface area contributed by atoms with Gasteiger partial charge < -0.3 is 29.9 Å². The van der Waals surface area contributed by atoms with Gasteiger partial charge in [0.05, 0.1) is 32.2 Å². The van der Waals surface area contributed by atoms with Gasteiger partial charge in [-0.15, -0.1) is 0 Å². The van der Waals surface area contributed by atoms with Gasteiger partial charge in [-0.05, 0) is 72.9 Å². The van der Waals surface area contributed by atoms with Gasteiger partial charge in [-0.25, -0.2) is 0 Å². The number of ether oxygens (including phenoxy) is 3. The monoisotopic (exact) mass is 609 g/mol. The summed E-state index contributed by atoms with van der Waals surface area (Å²) in [5.41, 5.74) is 11.4. The van der Waals surface area contributed by atoms with Gasteiger partial charge in [-0.3, -0.25) is 0 Å². The molecule has 4 N–H and O–H groups in total. The summed E-state index contributed by atoms with van der Waals surface area (Å²) >= 11 is 3.51. The van der Waals surface area contributed by atoms with Crippen LogP contribution in [0.3, 0.4) is 0 Å². The van der Waals surface area contributed by atoms with Gasteiger partial charge in [0.2, 0.25) is 0 Å². The highest BCUT2D eigenvalue weighted by atomic mass is 32.2. The Labute approximate surface area is 260 Å². The summed E-state index contributed by atoms with van der Waals surface area (Å²) in [5, 5.41) is 2.19. The van der Waals surface area contributed by atoms with Crippen LogP contribution in [0.15, 0.2) is 111 Å². The second kappa shape index (κ2) is 13.1. The van der Waals surface area contributed by atoms with Crippen molar-refractivity contribution in [1.29, 1.82) is 0 Å². The molecule has 0 aliphatic carbocycles. The fraction of sp³-hybridized carbons (Fsp3) is 0.200. The first kappa shape index (κ1) is 29.1. The van der Waals surface area contributed by atoms with Crippen molar-refractivity contribution in [2.24, 2.45) is 5.73 Å². The molecule has 220 valence electrons. The molecule has 6 nitrogen and oxygen atoms in total. The van der Waals surface area contributed by atoms with Gasteiger partial charge >= 0.3 is 0 Å². The van der Waals surface area contributed by atoms with Crippen molar-refractivity contribution in [3.05, 3.63) is 102 Å². The van der Waals surface area contributed by atoms with E-state index >= 15 is 0 Å². The van der Waals surface area contributed by atoms with Crippen LogP contribution in [-0.2, 0) is 12.8 Å². The SMILES string of the molecule is COc1ccc2[nH]cc(Sc3ccccc3CC(N)CCc3ccccc3Sc3c[nH]c4c(OC)ccc(OC)c34)c2c1. The van der Waals surface area contributed by atoms with E-state index in [0.717, 1.165) is 63.2 Å². The molecule has 0 aliphatic heterocycles. The quantitative estimate of drug-likeness (QED) is 0.129. The highest BCUT2D eigenvalue weighted by Crippen LogP contribution is 2.43. The lowest BCUT2D eigenvalue weighted by Gasteiger charge is -2.16. The largest absolute Gasteiger partial charge is 0.497 e. The number of fused-ring (bicyclic) bond motifs is 2. The van der Waals surface area contributed by atoms with E-state index in [1.807, 2.05) is 24.4 Å². The maximum Gasteiger partial charge on any atom is 0.143 e. The van der Waals surface area contributed by atoms with Crippen molar-refractivity contribution in [3.8, 4) is 17.2 Å². The van der Waals surface area contributed by atoms with Gasteiger partial charge in [-0.2, -0.15) is 0 Å². The Balaban J connectivity index is 1.16. The molecule has 2 heterocycles.